The van der Waals surface area contributed by atoms with Gasteiger partial charge in [-0.2, -0.15) is 0 Å². The minimum atomic E-state index is -0.727. The van der Waals surface area contributed by atoms with Crippen molar-refractivity contribution in [1.82, 2.24) is 0 Å². The first kappa shape index (κ1) is 16.5. The third kappa shape index (κ3) is 3.85. The lowest BCUT2D eigenvalue weighted by Gasteiger charge is -2.17. The molecular weight excluding hydrogens is 296 g/mol. The van der Waals surface area contributed by atoms with Crippen LogP contribution in [0, 0.1) is 24.0 Å². The van der Waals surface area contributed by atoms with Crippen LogP contribution in [0.15, 0.2) is 42.5 Å². The van der Waals surface area contributed by atoms with E-state index in [0.29, 0.717) is 17.0 Å². The van der Waals surface area contributed by atoms with Gasteiger partial charge in [0.25, 0.3) is 11.6 Å². The number of nitro benzene ring substituents is 1. The first-order chi connectivity index (χ1) is 10.9. The number of carbonyl (C=O) groups excluding carboxylic acids is 1. The van der Waals surface area contributed by atoms with E-state index in [1.54, 1.807) is 26.0 Å². The maximum Gasteiger partial charge on any atom is 0.274 e. The molecule has 2 rings (SSSR count). The Morgan fingerprint density at radius 1 is 1.17 bits per heavy atom. The number of anilines is 1. The molecule has 1 unspecified atom stereocenters. The van der Waals surface area contributed by atoms with E-state index in [-0.39, 0.29) is 11.6 Å². The summed E-state index contributed by atoms with van der Waals surface area (Å²) in [5.74, 6) is 0.266. The van der Waals surface area contributed by atoms with E-state index in [2.05, 4.69) is 5.32 Å². The van der Waals surface area contributed by atoms with Crippen molar-refractivity contribution >= 4 is 17.3 Å². The molecule has 1 N–H and O–H groups in total. The lowest BCUT2D eigenvalue weighted by Crippen LogP contribution is -2.30. The molecule has 0 aliphatic carbocycles. The van der Waals surface area contributed by atoms with Crippen LogP contribution in [-0.4, -0.2) is 16.9 Å². The van der Waals surface area contributed by atoms with Crippen LogP contribution in [-0.2, 0) is 4.79 Å². The van der Waals surface area contributed by atoms with Crippen molar-refractivity contribution in [2.75, 3.05) is 5.32 Å². The highest BCUT2D eigenvalue weighted by atomic mass is 16.6. The predicted octanol–water partition coefficient (Wildman–Crippen LogP) is 3.62. The van der Waals surface area contributed by atoms with Gasteiger partial charge in [-0.1, -0.05) is 24.3 Å². The zero-order chi connectivity index (χ0) is 17.0. The number of nitro groups is 1. The van der Waals surface area contributed by atoms with Crippen molar-refractivity contribution in [2.45, 2.75) is 26.9 Å². The first-order valence-corrected chi connectivity index (χ1v) is 7.17. The number of carbonyl (C=O) groups is 1. The monoisotopic (exact) mass is 314 g/mol. The zero-order valence-corrected chi connectivity index (χ0v) is 13.2. The number of para-hydroxylation sites is 1. The van der Waals surface area contributed by atoms with Crippen molar-refractivity contribution in [1.29, 1.82) is 0 Å². The van der Waals surface area contributed by atoms with Crippen LogP contribution in [0.1, 0.15) is 18.1 Å². The van der Waals surface area contributed by atoms with Gasteiger partial charge >= 0.3 is 0 Å². The molecule has 0 bridgehead atoms. The highest BCUT2D eigenvalue weighted by Crippen LogP contribution is 2.25. The molecule has 23 heavy (non-hydrogen) atoms. The maximum atomic E-state index is 12.3. The fourth-order valence-corrected chi connectivity index (χ4v) is 2.12. The Hall–Kier alpha value is -2.89. The van der Waals surface area contributed by atoms with Crippen LogP contribution in [0.5, 0.6) is 5.75 Å². The molecule has 0 aromatic heterocycles. The van der Waals surface area contributed by atoms with Gasteiger partial charge in [-0.25, -0.2) is 0 Å². The van der Waals surface area contributed by atoms with Gasteiger partial charge in [-0.15, -0.1) is 0 Å². The smallest absolute Gasteiger partial charge is 0.274 e. The van der Waals surface area contributed by atoms with Gasteiger partial charge in [0.05, 0.1) is 16.2 Å². The summed E-state index contributed by atoms with van der Waals surface area (Å²) in [5, 5.41) is 13.6. The van der Waals surface area contributed by atoms with E-state index in [1.807, 2.05) is 25.1 Å². The van der Waals surface area contributed by atoms with Crippen LogP contribution in [0.25, 0.3) is 0 Å². The van der Waals surface area contributed by atoms with Crippen LogP contribution in [0.4, 0.5) is 11.4 Å². The second kappa shape index (κ2) is 6.91. The third-order valence-corrected chi connectivity index (χ3v) is 3.53. The van der Waals surface area contributed by atoms with Gasteiger partial charge in [-0.05, 0) is 38.5 Å². The summed E-state index contributed by atoms with van der Waals surface area (Å²) in [6, 6.07) is 12.0. The molecule has 0 spiro atoms. The number of amides is 1. The molecule has 0 aliphatic heterocycles. The molecule has 0 saturated carbocycles. The number of hydrogen-bond acceptors (Lipinski definition) is 4. The molecule has 1 amide bonds. The number of ether oxygens (including phenoxy) is 1. The number of benzene rings is 2. The van der Waals surface area contributed by atoms with Gasteiger partial charge < -0.3 is 10.1 Å². The number of hydrogen-bond donors (Lipinski definition) is 1. The van der Waals surface area contributed by atoms with E-state index in [4.69, 9.17) is 4.74 Å². The standard InChI is InChI=1S/C17H18N2O4/c1-11-7-4-5-10-16(11)23-13(3)17(20)18-14-8-6-9-15(12(14)2)19(21)22/h4-10,13H,1-3H3,(H,18,20). The Morgan fingerprint density at radius 2 is 1.87 bits per heavy atom. The molecule has 0 fully saturated rings. The normalized spacial score (nSPS) is 11.6. The molecule has 2 aromatic carbocycles. The molecule has 0 saturated heterocycles. The lowest BCUT2D eigenvalue weighted by molar-refractivity contribution is -0.385. The van der Waals surface area contributed by atoms with Gasteiger partial charge in [0.15, 0.2) is 6.10 Å². The van der Waals surface area contributed by atoms with Crippen molar-refractivity contribution in [3.63, 3.8) is 0 Å². The van der Waals surface area contributed by atoms with Crippen molar-refractivity contribution in [2.24, 2.45) is 0 Å². The van der Waals surface area contributed by atoms with Crippen LogP contribution in [0.2, 0.25) is 0 Å². The molecule has 0 radical (unpaired) electrons. The van der Waals surface area contributed by atoms with Crippen LogP contribution >= 0.6 is 0 Å². The van der Waals surface area contributed by atoms with Gasteiger partial charge in [-0.3, -0.25) is 14.9 Å². The Kier molecular flexibility index (Phi) is 4.95. The number of nitrogens with zero attached hydrogens (tertiary/aromatic N) is 1. The summed E-state index contributed by atoms with van der Waals surface area (Å²) in [6.07, 6.45) is -0.727. The third-order valence-electron chi connectivity index (χ3n) is 3.53. The highest BCUT2D eigenvalue weighted by molar-refractivity contribution is 5.95. The molecule has 6 heteroatoms. The second-order valence-corrected chi connectivity index (χ2v) is 5.22. The molecule has 1 atom stereocenters. The summed E-state index contributed by atoms with van der Waals surface area (Å²) < 4.78 is 5.65. The summed E-state index contributed by atoms with van der Waals surface area (Å²) in [4.78, 5) is 22.7. The largest absolute Gasteiger partial charge is 0.481 e. The van der Waals surface area contributed by atoms with Crippen LogP contribution in [0.3, 0.4) is 0 Å². The second-order valence-electron chi connectivity index (χ2n) is 5.22. The van der Waals surface area contributed by atoms with Crippen molar-refractivity contribution in [3.8, 4) is 5.75 Å². The summed E-state index contributed by atoms with van der Waals surface area (Å²) >= 11 is 0. The average molecular weight is 314 g/mol. The molecule has 0 aliphatic rings. The minimum Gasteiger partial charge on any atom is -0.481 e. The Bertz CT molecular complexity index is 743. The number of rotatable bonds is 5. The Labute approximate surface area is 134 Å². The minimum absolute atomic E-state index is 0.0322. The van der Waals surface area contributed by atoms with Crippen molar-refractivity contribution in [3.05, 3.63) is 63.7 Å². The van der Waals surface area contributed by atoms with E-state index >= 15 is 0 Å². The fraction of sp³-hybridized carbons (Fsp3) is 0.235. The lowest BCUT2D eigenvalue weighted by atomic mass is 10.1. The Balaban J connectivity index is 2.12. The quantitative estimate of drug-likeness (QED) is 0.675. The van der Waals surface area contributed by atoms with Crippen LogP contribution < -0.4 is 10.1 Å². The molecule has 6 nitrogen and oxygen atoms in total. The van der Waals surface area contributed by atoms with E-state index in [0.717, 1.165) is 5.56 Å². The number of aryl methyl sites for hydroxylation is 1. The van der Waals surface area contributed by atoms with Gasteiger partial charge in [0, 0.05) is 6.07 Å². The molecule has 120 valence electrons. The predicted molar refractivity (Wildman–Crippen MR) is 87.7 cm³/mol. The van der Waals surface area contributed by atoms with Crippen molar-refractivity contribution < 1.29 is 14.5 Å². The summed E-state index contributed by atoms with van der Waals surface area (Å²) in [6.45, 7) is 5.12. The Morgan fingerprint density at radius 3 is 2.52 bits per heavy atom. The van der Waals surface area contributed by atoms with Gasteiger partial charge in [0.1, 0.15) is 5.75 Å². The fourth-order valence-electron chi connectivity index (χ4n) is 2.12. The first-order valence-electron chi connectivity index (χ1n) is 7.17. The average Bonchev–Trinajstić information content (AvgIpc) is 2.51. The highest BCUT2D eigenvalue weighted by Gasteiger charge is 2.19. The van der Waals surface area contributed by atoms with E-state index in [1.165, 1.54) is 12.1 Å². The van der Waals surface area contributed by atoms with E-state index < -0.39 is 11.0 Å². The molecule has 0 heterocycles. The van der Waals surface area contributed by atoms with Gasteiger partial charge in [0.2, 0.25) is 0 Å². The molecular formula is C17H18N2O4. The zero-order valence-electron chi connectivity index (χ0n) is 13.2. The maximum absolute atomic E-state index is 12.3. The van der Waals surface area contributed by atoms with E-state index in [9.17, 15) is 14.9 Å². The topological polar surface area (TPSA) is 81.5 Å². The SMILES string of the molecule is Cc1ccccc1OC(C)C(=O)Nc1cccc([N+](=O)[O-])c1C. The number of nitrogens with one attached hydrogen (secondary N) is 1. The molecule has 2 aromatic rings. The summed E-state index contributed by atoms with van der Waals surface area (Å²) in [5.41, 5.74) is 1.72. The summed E-state index contributed by atoms with van der Waals surface area (Å²) in [7, 11) is 0.